The summed E-state index contributed by atoms with van der Waals surface area (Å²) in [5, 5.41) is 3.08. The number of carbonyl (C=O) groups is 1. The number of hydrogen-bond acceptors (Lipinski definition) is 1. The van der Waals surface area contributed by atoms with Gasteiger partial charge in [0.2, 0.25) is 5.91 Å². The van der Waals surface area contributed by atoms with Crippen LogP contribution in [-0.4, -0.2) is 11.9 Å². The lowest BCUT2D eigenvalue weighted by molar-refractivity contribution is -0.126. The lowest BCUT2D eigenvalue weighted by Crippen LogP contribution is -2.36. The second-order valence-corrected chi connectivity index (χ2v) is 6.06. The van der Waals surface area contributed by atoms with E-state index in [-0.39, 0.29) is 6.04 Å². The van der Waals surface area contributed by atoms with Gasteiger partial charge < -0.3 is 5.32 Å². The summed E-state index contributed by atoms with van der Waals surface area (Å²) in [5.74, 6) is 2.42. The lowest BCUT2D eigenvalue weighted by Gasteiger charge is -2.18. The van der Waals surface area contributed by atoms with Gasteiger partial charge >= 0.3 is 0 Å². The highest BCUT2D eigenvalue weighted by molar-refractivity contribution is 5.78. The summed E-state index contributed by atoms with van der Waals surface area (Å²) in [6.45, 7) is 4.10. The molecule has 0 bridgehead atoms. The van der Waals surface area contributed by atoms with Crippen molar-refractivity contribution in [1.29, 1.82) is 0 Å². The molecule has 2 saturated carbocycles. The molecule has 2 aliphatic carbocycles. The molecule has 1 amide bonds. The van der Waals surface area contributed by atoms with E-state index in [1.165, 1.54) is 32.1 Å². The molecule has 0 saturated heterocycles. The van der Waals surface area contributed by atoms with Crippen LogP contribution in [0.2, 0.25) is 0 Å². The average molecular weight is 223 g/mol. The lowest BCUT2D eigenvalue weighted by atomic mass is 9.94. The van der Waals surface area contributed by atoms with E-state index in [1.807, 2.05) is 13.8 Å². The molecule has 1 atom stereocenters. The van der Waals surface area contributed by atoms with E-state index in [1.54, 1.807) is 0 Å². The molecule has 1 unspecified atom stereocenters. The van der Waals surface area contributed by atoms with E-state index in [0.29, 0.717) is 11.8 Å². The number of nitrogens with one attached hydrogen (secondary N) is 1. The second-order valence-electron chi connectivity index (χ2n) is 6.06. The van der Waals surface area contributed by atoms with Gasteiger partial charge in [0.25, 0.3) is 0 Å². The van der Waals surface area contributed by atoms with Gasteiger partial charge in [-0.25, -0.2) is 0 Å². The van der Waals surface area contributed by atoms with Crippen molar-refractivity contribution in [2.45, 2.75) is 64.8 Å². The average Bonchev–Trinajstić information content (AvgIpc) is 3.05. The van der Waals surface area contributed by atoms with Gasteiger partial charge in [0.15, 0.2) is 0 Å². The van der Waals surface area contributed by atoms with Gasteiger partial charge in [-0.15, -0.1) is 0 Å². The number of hydrogen-bond donors (Lipinski definition) is 1. The molecule has 0 aromatic rings. The van der Waals surface area contributed by atoms with Crippen LogP contribution in [0.4, 0.5) is 0 Å². The van der Waals surface area contributed by atoms with Gasteiger partial charge in [-0.1, -0.05) is 25.7 Å². The van der Waals surface area contributed by atoms with Crippen LogP contribution in [0.3, 0.4) is 0 Å². The Morgan fingerprint density at radius 2 is 1.81 bits per heavy atom. The molecule has 92 valence electrons. The Bertz CT molecular complexity index is 241. The summed E-state index contributed by atoms with van der Waals surface area (Å²) in [6.07, 6.45) is 9.07. The third kappa shape index (κ3) is 4.15. The summed E-state index contributed by atoms with van der Waals surface area (Å²) in [7, 11) is 0. The predicted octanol–water partition coefficient (Wildman–Crippen LogP) is 3.12. The minimum atomic E-state index is 0.287. The zero-order chi connectivity index (χ0) is 11.5. The highest BCUT2D eigenvalue weighted by Crippen LogP contribution is 2.39. The molecule has 0 radical (unpaired) electrons. The first kappa shape index (κ1) is 11.9. The predicted molar refractivity (Wildman–Crippen MR) is 66.1 cm³/mol. The van der Waals surface area contributed by atoms with E-state index < -0.39 is 0 Å². The smallest absolute Gasteiger partial charge is 0.223 e. The molecule has 2 aliphatic rings. The molecule has 0 heterocycles. The molecule has 0 spiro atoms. The summed E-state index contributed by atoms with van der Waals surface area (Å²) in [6, 6.07) is 0.287. The van der Waals surface area contributed by atoms with Crippen LogP contribution in [0, 0.1) is 17.8 Å². The normalized spacial score (nSPS) is 22.2. The van der Waals surface area contributed by atoms with Gasteiger partial charge in [-0.2, -0.15) is 0 Å². The van der Waals surface area contributed by atoms with Crippen LogP contribution in [0.15, 0.2) is 0 Å². The standard InChI is InChI=1S/C14H25NO/c1-10(2)15-14(16)13(9-12-5-6-12)8-7-11-3-4-11/h10-13H,3-9H2,1-2H3,(H,15,16). The maximum atomic E-state index is 12.0. The van der Waals surface area contributed by atoms with Gasteiger partial charge in [-0.3, -0.25) is 4.79 Å². The van der Waals surface area contributed by atoms with E-state index in [4.69, 9.17) is 0 Å². The van der Waals surface area contributed by atoms with E-state index in [9.17, 15) is 4.79 Å². The highest BCUT2D eigenvalue weighted by atomic mass is 16.1. The summed E-state index contributed by atoms with van der Waals surface area (Å²) >= 11 is 0. The number of amides is 1. The molecule has 2 rings (SSSR count). The van der Waals surface area contributed by atoms with Crippen molar-refractivity contribution >= 4 is 5.91 Å². The molecule has 0 aromatic heterocycles. The molecule has 1 N–H and O–H groups in total. The van der Waals surface area contributed by atoms with Crippen molar-refractivity contribution in [3.05, 3.63) is 0 Å². The number of rotatable bonds is 7. The minimum absolute atomic E-state index is 0.287. The maximum absolute atomic E-state index is 12.0. The van der Waals surface area contributed by atoms with Gasteiger partial charge in [-0.05, 0) is 44.9 Å². The monoisotopic (exact) mass is 223 g/mol. The fourth-order valence-corrected chi connectivity index (χ4v) is 2.36. The Hall–Kier alpha value is -0.530. The Morgan fingerprint density at radius 3 is 2.31 bits per heavy atom. The fraction of sp³-hybridized carbons (Fsp3) is 0.929. The third-order valence-corrected chi connectivity index (χ3v) is 3.74. The molecule has 2 nitrogen and oxygen atoms in total. The van der Waals surface area contributed by atoms with Crippen LogP contribution < -0.4 is 5.32 Å². The maximum Gasteiger partial charge on any atom is 0.223 e. The van der Waals surface area contributed by atoms with Crippen molar-refractivity contribution in [3.8, 4) is 0 Å². The Morgan fingerprint density at radius 1 is 1.19 bits per heavy atom. The molecular weight excluding hydrogens is 198 g/mol. The summed E-state index contributed by atoms with van der Waals surface area (Å²) in [4.78, 5) is 12.0. The first-order valence-electron chi connectivity index (χ1n) is 6.95. The van der Waals surface area contributed by atoms with Crippen molar-refractivity contribution in [3.63, 3.8) is 0 Å². The van der Waals surface area contributed by atoms with Crippen molar-refractivity contribution in [1.82, 2.24) is 5.32 Å². The van der Waals surface area contributed by atoms with Crippen molar-refractivity contribution in [2.24, 2.45) is 17.8 Å². The van der Waals surface area contributed by atoms with Crippen molar-refractivity contribution < 1.29 is 4.79 Å². The molecule has 2 heteroatoms. The largest absolute Gasteiger partial charge is 0.354 e. The van der Waals surface area contributed by atoms with E-state index in [0.717, 1.165) is 24.7 Å². The van der Waals surface area contributed by atoms with Crippen LogP contribution in [0.25, 0.3) is 0 Å². The van der Waals surface area contributed by atoms with Gasteiger partial charge in [0.05, 0.1) is 0 Å². The Balaban J connectivity index is 1.76. The number of carbonyl (C=O) groups excluding carboxylic acids is 1. The zero-order valence-corrected chi connectivity index (χ0v) is 10.7. The third-order valence-electron chi connectivity index (χ3n) is 3.74. The Labute approximate surface area is 99.2 Å². The van der Waals surface area contributed by atoms with Crippen LogP contribution in [-0.2, 0) is 4.79 Å². The zero-order valence-electron chi connectivity index (χ0n) is 10.7. The van der Waals surface area contributed by atoms with E-state index >= 15 is 0 Å². The van der Waals surface area contributed by atoms with Gasteiger partial charge in [0, 0.05) is 12.0 Å². The van der Waals surface area contributed by atoms with Crippen LogP contribution in [0.5, 0.6) is 0 Å². The first-order valence-corrected chi connectivity index (χ1v) is 6.95. The van der Waals surface area contributed by atoms with Crippen LogP contribution >= 0.6 is 0 Å². The topological polar surface area (TPSA) is 29.1 Å². The van der Waals surface area contributed by atoms with Crippen LogP contribution in [0.1, 0.15) is 58.8 Å². The Kier molecular flexibility index (Phi) is 3.88. The molecule has 0 aliphatic heterocycles. The second kappa shape index (κ2) is 5.20. The molecular formula is C14H25NO. The van der Waals surface area contributed by atoms with E-state index in [2.05, 4.69) is 5.32 Å². The summed E-state index contributed by atoms with van der Waals surface area (Å²) in [5.41, 5.74) is 0. The van der Waals surface area contributed by atoms with Gasteiger partial charge in [0.1, 0.15) is 0 Å². The molecule has 0 aromatic carbocycles. The molecule has 16 heavy (non-hydrogen) atoms. The van der Waals surface area contributed by atoms with Crippen molar-refractivity contribution in [2.75, 3.05) is 0 Å². The first-order chi connectivity index (χ1) is 7.65. The highest BCUT2D eigenvalue weighted by Gasteiger charge is 2.31. The summed E-state index contributed by atoms with van der Waals surface area (Å²) < 4.78 is 0. The minimum Gasteiger partial charge on any atom is -0.354 e. The molecule has 2 fully saturated rings. The quantitative estimate of drug-likeness (QED) is 0.706. The fourth-order valence-electron chi connectivity index (χ4n) is 2.36. The SMILES string of the molecule is CC(C)NC(=O)C(CCC1CC1)CC1CC1.